The summed E-state index contributed by atoms with van der Waals surface area (Å²) in [6.07, 6.45) is 0.844. The SMILES string of the molecule is CCN(c1cccc(C)c1)c1ccc(CC(C)N)cc1Cl. The van der Waals surface area contributed by atoms with E-state index in [1.807, 2.05) is 13.0 Å². The molecule has 0 spiro atoms. The number of anilines is 2. The summed E-state index contributed by atoms with van der Waals surface area (Å²) in [4.78, 5) is 2.23. The lowest BCUT2D eigenvalue weighted by atomic mass is 10.1. The van der Waals surface area contributed by atoms with Gasteiger partial charge in [-0.15, -0.1) is 0 Å². The molecule has 0 aliphatic rings. The highest BCUT2D eigenvalue weighted by Crippen LogP contribution is 2.33. The molecule has 0 radical (unpaired) electrons. The summed E-state index contributed by atoms with van der Waals surface area (Å²) in [5, 5.41) is 0.775. The fourth-order valence-electron chi connectivity index (χ4n) is 2.56. The van der Waals surface area contributed by atoms with E-state index in [9.17, 15) is 0 Å². The predicted octanol–water partition coefficient (Wildman–Crippen LogP) is 4.70. The Hall–Kier alpha value is -1.51. The van der Waals surface area contributed by atoms with Crippen LogP contribution in [0.5, 0.6) is 0 Å². The molecular weight excluding hydrogens is 280 g/mol. The average Bonchev–Trinajstić information content (AvgIpc) is 2.41. The van der Waals surface area contributed by atoms with Crippen LogP contribution < -0.4 is 10.6 Å². The second-order valence-corrected chi connectivity index (χ2v) is 5.96. The van der Waals surface area contributed by atoms with Gasteiger partial charge in [0.2, 0.25) is 0 Å². The number of rotatable bonds is 5. The van der Waals surface area contributed by atoms with Gasteiger partial charge in [-0.2, -0.15) is 0 Å². The molecule has 2 nitrogen and oxygen atoms in total. The molecule has 0 saturated carbocycles. The topological polar surface area (TPSA) is 29.3 Å². The van der Waals surface area contributed by atoms with Crippen molar-refractivity contribution in [2.45, 2.75) is 33.2 Å². The Kier molecular flexibility index (Phi) is 5.27. The van der Waals surface area contributed by atoms with E-state index in [-0.39, 0.29) is 6.04 Å². The van der Waals surface area contributed by atoms with Crippen LogP contribution in [0.2, 0.25) is 5.02 Å². The third kappa shape index (κ3) is 3.99. The number of nitrogens with zero attached hydrogens (tertiary/aromatic N) is 1. The zero-order valence-corrected chi connectivity index (χ0v) is 13.7. The van der Waals surface area contributed by atoms with Crippen LogP contribution >= 0.6 is 11.6 Å². The molecule has 0 saturated heterocycles. The third-order valence-electron chi connectivity index (χ3n) is 3.49. The van der Waals surface area contributed by atoms with E-state index in [1.54, 1.807) is 0 Å². The van der Waals surface area contributed by atoms with Crippen molar-refractivity contribution in [2.75, 3.05) is 11.4 Å². The Morgan fingerprint density at radius 1 is 1.19 bits per heavy atom. The Bertz CT molecular complexity index is 608. The first-order valence-corrected chi connectivity index (χ1v) is 7.77. The Morgan fingerprint density at radius 3 is 2.52 bits per heavy atom. The van der Waals surface area contributed by atoms with Crippen molar-refractivity contribution >= 4 is 23.0 Å². The van der Waals surface area contributed by atoms with Gasteiger partial charge in [-0.1, -0.05) is 29.8 Å². The molecule has 1 atom stereocenters. The summed E-state index contributed by atoms with van der Waals surface area (Å²) in [7, 11) is 0. The molecule has 2 aromatic carbocycles. The minimum Gasteiger partial charge on any atom is -0.341 e. The molecule has 0 amide bonds. The molecule has 0 heterocycles. The highest BCUT2D eigenvalue weighted by molar-refractivity contribution is 6.33. The normalized spacial score (nSPS) is 12.2. The summed E-state index contributed by atoms with van der Waals surface area (Å²) in [6.45, 7) is 7.11. The summed E-state index contributed by atoms with van der Waals surface area (Å²) in [5.41, 5.74) is 10.5. The van der Waals surface area contributed by atoms with Gasteiger partial charge in [-0.05, 0) is 62.6 Å². The molecule has 0 aliphatic heterocycles. The van der Waals surface area contributed by atoms with E-state index in [0.717, 1.165) is 23.7 Å². The van der Waals surface area contributed by atoms with E-state index in [0.29, 0.717) is 0 Å². The summed E-state index contributed by atoms with van der Waals surface area (Å²) in [5.74, 6) is 0. The maximum Gasteiger partial charge on any atom is 0.0645 e. The van der Waals surface area contributed by atoms with Gasteiger partial charge in [0.25, 0.3) is 0 Å². The first kappa shape index (κ1) is 15.9. The van der Waals surface area contributed by atoms with Gasteiger partial charge in [0.15, 0.2) is 0 Å². The minimum absolute atomic E-state index is 0.144. The number of hydrogen-bond acceptors (Lipinski definition) is 2. The number of aryl methyl sites for hydroxylation is 1. The summed E-state index contributed by atoms with van der Waals surface area (Å²) in [6, 6.07) is 14.8. The van der Waals surface area contributed by atoms with Gasteiger partial charge in [-0.3, -0.25) is 0 Å². The molecule has 3 heteroatoms. The predicted molar refractivity (Wildman–Crippen MR) is 92.7 cm³/mol. The van der Waals surface area contributed by atoms with E-state index in [1.165, 1.54) is 16.8 Å². The van der Waals surface area contributed by atoms with Crippen molar-refractivity contribution in [3.8, 4) is 0 Å². The van der Waals surface area contributed by atoms with Crippen LogP contribution in [0.25, 0.3) is 0 Å². The lowest BCUT2D eigenvalue weighted by molar-refractivity contribution is 0.738. The van der Waals surface area contributed by atoms with E-state index in [4.69, 9.17) is 17.3 Å². The molecule has 112 valence electrons. The molecule has 0 fully saturated rings. The highest BCUT2D eigenvalue weighted by atomic mass is 35.5. The van der Waals surface area contributed by atoms with E-state index in [2.05, 4.69) is 55.1 Å². The first-order valence-electron chi connectivity index (χ1n) is 7.39. The van der Waals surface area contributed by atoms with Gasteiger partial charge in [0.05, 0.1) is 10.7 Å². The fourth-order valence-corrected chi connectivity index (χ4v) is 2.86. The van der Waals surface area contributed by atoms with Gasteiger partial charge in [0.1, 0.15) is 0 Å². The maximum absolute atomic E-state index is 6.49. The lowest BCUT2D eigenvalue weighted by Gasteiger charge is -2.25. The van der Waals surface area contributed by atoms with Crippen molar-refractivity contribution in [2.24, 2.45) is 5.73 Å². The summed E-state index contributed by atoms with van der Waals surface area (Å²) < 4.78 is 0. The Labute approximate surface area is 132 Å². The van der Waals surface area contributed by atoms with Crippen LogP contribution in [0.3, 0.4) is 0 Å². The lowest BCUT2D eigenvalue weighted by Crippen LogP contribution is -2.19. The van der Waals surface area contributed by atoms with Crippen LogP contribution in [-0.2, 0) is 6.42 Å². The number of nitrogens with two attached hydrogens (primary N) is 1. The molecule has 2 N–H and O–H groups in total. The molecule has 0 aliphatic carbocycles. The minimum atomic E-state index is 0.144. The number of halogens is 1. The van der Waals surface area contributed by atoms with Crippen molar-refractivity contribution < 1.29 is 0 Å². The van der Waals surface area contributed by atoms with Gasteiger partial charge < -0.3 is 10.6 Å². The van der Waals surface area contributed by atoms with Crippen molar-refractivity contribution in [1.29, 1.82) is 0 Å². The molecule has 2 rings (SSSR count). The molecular formula is C18H23ClN2. The quantitative estimate of drug-likeness (QED) is 0.867. The molecule has 1 unspecified atom stereocenters. The van der Waals surface area contributed by atoms with Crippen LogP contribution in [-0.4, -0.2) is 12.6 Å². The first-order chi connectivity index (χ1) is 10.0. The molecule has 0 aromatic heterocycles. The van der Waals surface area contributed by atoms with E-state index >= 15 is 0 Å². The number of benzene rings is 2. The largest absolute Gasteiger partial charge is 0.341 e. The maximum atomic E-state index is 6.49. The third-order valence-corrected chi connectivity index (χ3v) is 3.79. The zero-order valence-electron chi connectivity index (χ0n) is 12.9. The van der Waals surface area contributed by atoms with Crippen LogP contribution in [0.15, 0.2) is 42.5 Å². The smallest absolute Gasteiger partial charge is 0.0645 e. The molecule has 21 heavy (non-hydrogen) atoms. The van der Waals surface area contributed by atoms with Crippen LogP contribution in [0.4, 0.5) is 11.4 Å². The van der Waals surface area contributed by atoms with E-state index < -0.39 is 0 Å². The monoisotopic (exact) mass is 302 g/mol. The van der Waals surface area contributed by atoms with Gasteiger partial charge >= 0.3 is 0 Å². The molecule has 0 bridgehead atoms. The van der Waals surface area contributed by atoms with Crippen molar-refractivity contribution in [3.63, 3.8) is 0 Å². The standard InChI is InChI=1S/C18H23ClN2/c1-4-21(16-7-5-6-13(2)10-16)18-9-8-15(11-14(3)20)12-17(18)19/h5-10,12,14H,4,11,20H2,1-3H3. The van der Waals surface area contributed by atoms with Gasteiger partial charge in [0, 0.05) is 18.3 Å². The van der Waals surface area contributed by atoms with Crippen LogP contribution in [0, 0.1) is 6.92 Å². The van der Waals surface area contributed by atoms with Crippen molar-refractivity contribution in [1.82, 2.24) is 0 Å². The highest BCUT2D eigenvalue weighted by Gasteiger charge is 2.12. The second kappa shape index (κ2) is 6.97. The average molecular weight is 303 g/mol. The van der Waals surface area contributed by atoms with Crippen LogP contribution in [0.1, 0.15) is 25.0 Å². The number of hydrogen-bond donors (Lipinski definition) is 1. The Morgan fingerprint density at radius 2 is 1.95 bits per heavy atom. The molecule has 2 aromatic rings. The Balaban J connectivity index is 2.34. The fraction of sp³-hybridized carbons (Fsp3) is 0.333. The zero-order chi connectivity index (χ0) is 15.4. The van der Waals surface area contributed by atoms with Crippen molar-refractivity contribution in [3.05, 3.63) is 58.6 Å². The summed E-state index contributed by atoms with van der Waals surface area (Å²) >= 11 is 6.49. The second-order valence-electron chi connectivity index (χ2n) is 5.55. The van der Waals surface area contributed by atoms with Gasteiger partial charge in [-0.25, -0.2) is 0 Å².